The van der Waals surface area contributed by atoms with Crippen molar-refractivity contribution in [3.05, 3.63) is 18.5 Å². The summed E-state index contributed by atoms with van der Waals surface area (Å²) in [4.78, 5) is 0. The average molecular weight is 150 g/mol. The zero-order valence-corrected chi connectivity index (χ0v) is 6.74. The first kappa shape index (κ1) is 6.89. The van der Waals surface area contributed by atoms with Gasteiger partial charge in [-0.15, -0.1) is 0 Å². The van der Waals surface area contributed by atoms with E-state index in [1.165, 1.54) is 25.7 Å². The van der Waals surface area contributed by atoms with Crippen LogP contribution in [-0.4, -0.2) is 9.78 Å². The number of aromatic nitrogens is 2. The van der Waals surface area contributed by atoms with Gasteiger partial charge in [-0.3, -0.25) is 4.68 Å². The molecular formula is C9H14N2. The molecule has 1 heterocycles. The first-order valence-electron chi connectivity index (χ1n) is 4.42. The summed E-state index contributed by atoms with van der Waals surface area (Å²) in [7, 11) is 0. The SMILES string of the molecule is c1cnn(CCC2CCC2)c1. The molecule has 0 aliphatic heterocycles. The van der Waals surface area contributed by atoms with Crippen molar-refractivity contribution in [2.45, 2.75) is 32.2 Å². The van der Waals surface area contributed by atoms with Gasteiger partial charge in [0, 0.05) is 18.9 Å². The third-order valence-electron chi connectivity index (χ3n) is 2.55. The van der Waals surface area contributed by atoms with Crippen LogP contribution in [0, 0.1) is 5.92 Å². The standard InChI is InChI=1S/C9H14N2/c1-3-9(4-1)5-8-11-7-2-6-10-11/h2,6-7,9H,1,3-5,8H2. The fraction of sp³-hybridized carbons (Fsp3) is 0.667. The van der Waals surface area contributed by atoms with Crippen molar-refractivity contribution < 1.29 is 0 Å². The highest BCUT2D eigenvalue weighted by Crippen LogP contribution is 2.29. The molecule has 2 rings (SSSR count). The lowest BCUT2D eigenvalue weighted by Crippen LogP contribution is -2.13. The van der Waals surface area contributed by atoms with Gasteiger partial charge in [-0.1, -0.05) is 19.3 Å². The summed E-state index contributed by atoms with van der Waals surface area (Å²) in [5.74, 6) is 0.999. The molecule has 2 heteroatoms. The van der Waals surface area contributed by atoms with Crippen LogP contribution in [0.3, 0.4) is 0 Å². The summed E-state index contributed by atoms with van der Waals surface area (Å²) in [6.45, 7) is 1.11. The van der Waals surface area contributed by atoms with Crippen molar-refractivity contribution in [3.63, 3.8) is 0 Å². The first-order chi connectivity index (χ1) is 5.45. The van der Waals surface area contributed by atoms with E-state index in [-0.39, 0.29) is 0 Å². The van der Waals surface area contributed by atoms with Crippen molar-refractivity contribution in [1.29, 1.82) is 0 Å². The Morgan fingerprint density at radius 3 is 2.91 bits per heavy atom. The van der Waals surface area contributed by atoms with E-state index in [4.69, 9.17) is 0 Å². The molecule has 11 heavy (non-hydrogen) atoms. The normalized spacial score (nSPS) is 18.2. The third kappa shape index (κ3) is 1.62. The highest BCUT2D eigenvalue weighted by molar-refractivity contribution is 4.78. The molecule has 0 aromatic carbocycles. The second kappa shape index (κ2) is 3.07. The highest BCUT2D eigenvalue weighted by Gasteiger charge is 2.16. The lowest BCUT2D eigenvalue weighted by molar-refractivity contribution is 0.278. The van der Waals surface area contributed by atoms with Crippen molar-refractivity contribution in [3.8, 4) is 0 Å². The van der Waals surface area contributed by atoms with E-state index < -0.39 is 0 Å². The molecule has 0 amide bonds. The quantitative estimate of drug-likeness (QED) is 0.645. The van der Waals surface area contributed by atoms with Crippen LogP contribution < -0.4 is 0 Å². The smallest absolute Gasteiger partial charge is 0.0489 e. The molecule has 1 aliphatic carbocycles. The predicted molar refractivity (Wildman–Crippen MR) is 44.2 cm³/mol. The fourth-order valence-corrected chi connectivity index (χ4v) is 1.53. The Morgan fingerprint density at radius 1 is 1.45 bits per heavy atom. The van der Waals surface area contributed by atoms with E-state index in [0.29, 0.717) is 0 Å². The molecule has 0 unspecified atom stereocenters. The van der Waals surface area contributed by atoms with E-state index in [2.05, 4.69) is 5.10 Å². The van der Waals surface area contributed by atoms with Gasteiger partial charge in [0.1, 0.15) is 0 Å². The molecule has 60 valence electrons. The Bertz CT molecular complexity index is 199. The molecule has 0 bridgehead atoms. The molecule has 0 spiro atoms. The molecule has 0 N–H and O–H groups in total. The molecular weight excluding hydrogens is 136 g/mol. The third-order valence-corrected chi connectivity index (χ3v) is 2.55. The van der Waals surface area contributed by atoms with Crippen molar-refractivity contribution >= 4 is 0 Å². The van der Waals surface area contributed by atoms with Gasteiger partial charge in [0.15, 0.2) is 0 Å². The lowest BCUT2D eigenvalue weighted by Gasteiger charge is -2.24. The first-order valence-corrected chi connectivity index (χ1v) is 4.42. The van der Waals surface area contributed by atoms with E-state index in [0.717, 1.165) is 12.5 Å². The summed E-state index contributed by atoms with van der Waals surface area (Å²) in [6.07, 6.45) is 9.55. The Hall–Kier alpha value is -0.790. The number of hydrogen-bond donors (Lipinski definition) is 0. The molecule has 1 aliphatic rings. The van der Waals surface area contributed by atoms with Gasteiger partial charge in [-0.25, -0.2) is 0 Å². The molecule has 0 atom stereocenters. The molecule has 0 radical (unpaired) electrons. The zero-order chi connectivity index (χ0) is 7.52. The van der Waals surface area contributed by atoms with Gasteiger partial charge in [-0.05, 0) is 18.4 Å². The molecule has 0 saturated heterocycles. The lowest BCUT2D eigenvalue weighted by atomic mass is 9.83. The minimum atomic E-state index is 0.999. The zero-order valence-electron chi connectivity index (χ0n) is 6.74. The van der Waals surface area contributed by atoms with Crippen LogP contribution >= 0.6 is 0 Å². The van der Waals surface area contributed by atoms with E-state index in [1.807, 2.05) is 23.1 Å². The molecule has 1 aromatic rings. The van der Waals surface area contributed by atoms with Crippen LogP contribution in [0.15, 0.2) is 18.5 Å². The van der Waals surface area contributed by atoms with Gasteiger partial charge in [-0.2, -0.15) is 5.10 Å². The van der Waals surface area contributed by atoms with Crippen LogP contribution in [0.4, 0.5) is 0 Å². The number of nitrogens with zero attached hydrogens (tertiary/aromatic N) is 2. The van der Waals surface area contributed by atoms with Crippen LogP contribution in [0.1, 0.15) is 25.7 Å². The largest absolute Gasteiger partial charge is 0.273 e. The highest BCUT2D eigenvalue weighted by atomic mass is 15.3. The minimum Gasteiger partial charge on any atom is -0.273 e. The molecule has 1 aromatic heterocycles. The summed E-state index contributed by atoms with van der Waals surface area (Å²) < 4.78 is 2.03. The Morgan fingerprint density at radius 2 is 2.36 bits per heavy atom. The van der Waals surface area contributed by atoms with Crippen LogP contribution in [0.25, 0.3) is 0 Å². The van der Waals surface area contributed by atoms with Crippen LogP contribution in [0.5, 0.6) is 0 Å². The monoisotopic (exact) mass is 150 g/mol. The van der Waals surface area contributed by atoms with Gasteiger partial charge < -0.3 is 0 Å². The minimum absolute atomic E-state index is 0.999. The Kier molecular flexibility index (Phi) is 1.93. The van der Waals surface area contributed by atoms with E-state index >= 15 is 0 Å². The number of rotatable bonds is 3. The fourth-order valence-electron chi connectivity index (χ4n) is 1.53. The van der Waals surface area contributed by atoms with Gasteiger partial charge in [0.2, 0.25) is 0 Å². The summed E-state index contributed by atoms with van der Waals surface area (Å²) in [5.41, 5.74) is 0. The maximum Gasteiger partial charge on any atom is 0.0489 e. The summed E-state index contributed by atoms with van der Waals surface area (Å²) >= 11 is 0. The molecule has 1 saturated carbocycles. The Balaban J connectivity index is 1.74. The predicted octanol–water partition coefficient (Wildman–Crippen LogP) is 2.07. The van der Waals surface area contributed by atoms with Gasteiger partial charge in [0.05, 0.1) is 0 Å². The van der Waals surface area contributed by atoms with Gasteiger partial charge in [0.25, 0.3) is 0 Å². The maximum absolute atomic E-state index is 4.16. The van der Waals surface area contributed by atoms with Gasteiger partial charge >= 0.3 is 0 Å². The second-order valence-electron chi connectivity index (χ2n) is 3.35. The number of aryl methyl sites for hydroxylation is 1. The summed E-state index contributed by atoms with van der Waals surface area (Å²) in [5, 5.41) is 4.16. The molecule has 2 nitrogen and oxygen atoms in total. The average Bonchev–Trinajstić information content (AvgIpc) is 2.36. The second-order valence-corrected chi connectivity index (χ2v) is 3.35. The summed E-state index contributed by atoms with van der Waals surface area (Å²) in [6, 6.07) is 1.99. The van der Waals surface area contributed by atoms with Crippen molar-refractivity contribution in [2.24, 2.45) is 5.92 Å². The topological polar surface area (TPSA) is 17.8 Å². The molecule has 1 fully saturated rings. The van der Waals surface area contributed by atoms with Crippen molar-refractivity contribution in [1.82, 2.24) is 9.78 Å². The Labute approximate surface area is 67.2 Å². The van der Waals surface area contributed by atoms with Crippen LogP contribution in [0.2, 0.25) is 0 Å². The maximum atomic E-state index is 4.16. The number of hydrogen-bond acceptors (Lipinski definition) is 1. The van der Waals surface area contributed by atoms with Crippen LogP contribution in [-0.2, 0) is 6.54 Å². The van der Waals surface area contributed by atoms with Crippen molar-refractivity contribution in [2.75, 3.05) is 0 Å². The van der Waals surface area contributed by atoms with E-state index in [9.17, 15) is 0 Å². The van der Waals surface area contributed by atoms with E-state index in [1.54, 1.807) is 0 Å².